The van der Waals surface area contributed by atoms with E-state index in [1.807, 2.05) is 43.3 Å². The van der Waals surface area contributed by atoms with Gasteiger partial charge in [-0.3, -0.25) is 4.79 Å². The molecule has 5 nitrogen and oxygen atoms in total. The molecule has 1 aromatic heterocycles. The Labute approximate surface area is 113 Å². The first-order valence-corrected chi connectivity index (χ1v) is 6.33. The summed E-state index contributed by atoms with van der Waals surface area (Å²) in [7, 11) is 3.91. The van der Waals surface area contributed by atoms with Gasteiger partial charge in [-0.25, -0.2) is 0 Å². The summed E-state index contributed by atoms with van der Waals surface area (Å²) >= 11 is 6.67. The van der Waals surface area contributed by atoms with Crippen LogP contribution in [0.15, 0.2) is 24.3 Å². The number of nitrogens with one attached hydrogen (secondary N) is 1. The third-order valence-corrected chi connectivity index (χ3v) is 3.25. The lowest BCUT2D eigenvalue weighted by molar-refractivity contribution is 0.102. The average molecular weight is 283 g/mol. The van der Waals surface area contributed by atoms with Gasteiger partial charge in [0.05, 0.1) is 0 Å². The molecule has 1 aromatic carbocycles. The molecule has 0 aliphatic carbocycles. The summed E-state index contributed by atoms with van der Waals surface area (Å²) in [6.07, 6.45) is 0. The van der Waals surface area contributed by atoms with Crippen molar-refractivity contribution in [3.8, 4) is 0 Å². The highest BCUT2D eigenvalue weighted by molar-refractivity contribution is 7.17. The fraction of sp³-hybridized carbons (Fsp3) is 0.182. The van der Waals surface area contributed by atoms with Gasteiger partial charge in [0.15, 0.2) is 0 Å². The van der Waals surface area contributed by atoms with E-state index in [-0.39, 0.29) is 15.4 Å². The molecule has 2 rings (SSSR count). The molecule has 1 amide bonds. The zero-order valence-electron chi connectivity index (χ0n) is 9.85. The van der Waals surface area contributed by atoms with Crippen LogP contribution in [0, 0.1) is 0 Å². The molecule has 1 heterocycles. The average Bonchev–Trinajstić information content (AvgIpc) is 2.76. The Morgan fingerprint density at radius 1 is 1.28 bits per heavy atom. The molecule has 0 saturated heterocycles. The summed E-state index contributed by atoms with van der Waals surface area (Å²) < 4.78 is 0.253. The highest BCUT2D eigenvalue weighted by atomic mass is 35.5. The maximum Gasteiger partial charge on any atom is 0.286 e. The van der Waals surface area contributed by atoms with E-state index in [9.17, 15) is 4.79 Å². The third kappa shape index (κ3) is 2.96. The van der Waals surface area contributed by atoms with Crippen LogP contribution in [0.1, 0.15) is 9.80 Å². The molecule has 18 heavy (non-hydrogen) atoms. The predicted molar refractivity (Wildman–Crippen MR) is 73.6 cm³/mol. The van der Waals surface area contributed by atoms with E-state index in [2.05, 4.69) is 15.5 Å². The molecule has 94 valence electrons. The number of amides is 1. The second-order valence-electron chi connectivity index (χ2n) is 3.76. The van der Waals surface area contributed by atoms with Crippen molar-refractivity contribution in [3.05, 3.63) is 33.7 Å². The van der Waals surface area contributed by atoms with Gasteiger partial charge in [-0.05, 0) is 35.9 Å². The van der Waals surface area contributed by atoms with Gasteiger partial charge in [-0.15, -0.1) is 10.2 Å². The lowest BCUT2D eigenvalue weighted by Crippen LogP contribution is -2.12. The fourth-order valence-corrected chi connectivity index (χ4v) is 2.05. The monoisotopic (exact) mass is 282 g/mol. The van der Waals surface area contributed by atoms with Crippen LogP contribution in [-0.4, -0.2) is 30.2 Å². The normalized spacial score (nSPS) is 10.2. The molecule has 0 spiro atoms. The minimum atomic E-state index is -0.308. The van der Waals surface area contributed by atoms with Gasteiger partial charge in [0.25, 0.3) is 5.91 Å². The van der Waals surface area contributed by atoms with Crippen molar-refractivity contribution in [1.29, 1.82) is 0 Å². The second-order valence-corrected chi connectivity index (χ2v) is 5.32. The van der Waals surface area contributed by atoms with Crippen LogP contribution in [0.4, 0.5) is 11.4 Å². The van der Waals surface area contributed by atoms with E-state index in [4.69, 9.17) is 11.6 Å². The summed E-state index contributed by atoms with van der Waals surface area (Å²) in [5, 5.41) is 10.2. The van der Waals surface area contributed by atoms with Crippen LogP contribution >= 0.6 is 22.9 Å². The second kappa shape index (κ2) is 5.32. The van der Waals surface area contributed by atoms with Crippen molar-refractivity contribution in [2.75, 3.05) is 24.3 Å². The molecule has 2 aromatic rings. The largest absolute Gasteiger partial charge is 0.378 e. The molecular formula is C11H11ClN4OS. The van der Waals surface area contributed by atoms with Crippen LogP contribution in [0.5, 0.6) is 0 Å². The van der Waals surface area contributed by atoms with E-state index < -0.39 is 0 Å². The molecule has 0 bridgehead atoms. The molecule has 0 aliphatic rings. The van der Waals surface area contributed by atoms with Gasteiger partial charge in [0.1, 0.15) is 0 Å². The van der Waals surface area contributed by atoms with Gasteiger partial charge >= 0.3 is 0 Å². The summed E-state index contributed by atoms with van der Waals surface area (Å²) in [5.41, 5.74) is 1.77. The van der Waals surface area contributed by atoms with E-state index in [0.717, 1.165) is 17.0 Å². The lowest BCUT2D eigenvalue weighted by Gasteiger charge is -2.12. The first-order chi connectivity index (χ1) is 8.56. The van der Waals surface area contributed by atoms with E-state index in [1.54, 1.807) is 0 Å². The van der Waals surface area contributed by atoms with Gasteiger partial charge < -0.3 is 10.2 Å². The molecule has 0 unspecified atom stereocenters. The van der Waals surface area contributed by atoms with Crippen molar-refractivity contribution < 1.29 is 4.79 Å². The Kier molecular flexibility index (Phi) is 3.78. The van der Waals surface area contributed by atoms with Crippen LogP contribution < -0.4 is 10.2 Å². The minimum Gasteiger partial charge on any atom is -0.378 e. The predicted octanol–water partition coefficient (Wildman–Crippen LogP) is 2.51. The number of halogens is 1. The summed E-state index contributed by atoms with van der Waals surface area (Å²) in [6.45, 7) is 0. The first-order valence-electron chi connectivity index (χ1n) is 5.14. The maximum atomic E-state index is 11.8. The van der Waals surface area contributed by atoms with Crippen molar-refractivity contribution >= 4 is 40.2 Å². The Morgan fingerprint density at radius 3 is 2.44 bits per heavy atom. The number of benzene rings is 1. The van der Waals surface area contributed by atoms with Crippen molar-refractivity contribution in [1.82, 2.24) is 10.2 Å². The molecule has 1 N–H and O–H groups in total. The zero-order chi connectivity index (χ0) is 13.1. The van der Waals surface area contributed by atoms with Gasteiger partial charge in [0, 0.05) is 25.5 Å². The molecule has 0 atom stereocenters. The molecule has 7 heteroatoms. The van der Waals surface area contributed by atoms with E-state index in [0.29, 0.717) is 5.69 Å². The number of carbonyl (C=O) groups excluding carboxylic acids is 1. The number of hydrogen-bond acceptors (Lipinski definition) is 5. The number of rotatable bonds is 3. The fourth-order valence-electron chi connectivity index (χ4n) is 1.32. The molecule has 0 fully saturated rings. The van der Waals surface area contributed by atoms with Crippen LogP contribution in [0.2, 0.25) is 4.47 Å². The molecule has 0 aliphatic heterocycles. The number of hydrogen-bond donors (Lipinski definition) is 1. The van der Waals surface area contributed by atoms with Crippen molar-refractivity contribution in [3.63, 3.8) is 0 Å². The van der Waals surface area contributed by atoms with Crippen molar-refractivity contribution in [2.45, 2.75) is 0 Å². The zero-order valence-corrected chi connectivity index (χ0v) is 11.4. The third-order valence-electron chi connectivity index (χ3n) is 2.24. The lowest BCUT2D eigenvalue weighted by atomic mass is 10.2. The van der Waals surface area contributed by atoms with E-state index >= 15 is 0 Å². The molecule has 0 radical (unpaired) electrons. The van der Waals surface area contributed by atoms with Gasteiger partial charge in [-0.2, -0.15) is 0 Å². The van der Waals surface area contributed by atoms with Crippen LogP contribution in [0.3, 0.4) is 0 Å². The van der Waals surface area contributed by atoms with Crippen molar-refractivity contribution in [2.24, 2.45) is 0 Å². The summed E-state index contributed by atoms with van der Waals surface area (Å²) in [6, 6.07) is 7.50. The molecule has 0 saturated carbocycles. The Hall–Kier alpha value is -1.66. The SMILES string of the molecule is CN(C)c1ccc(NC(=O)c2nnc(Cl)s2)cc1. The summed E-state index contributed by atoms with van der Waals surface area (Å²) in [5.74, 6) is -0.308. The van der Waals surface area contributed by atoms with Crippen LogP contribution in [-0.2, 0) is 0 Å². The summed E-state index contributed by atoms with van der Waals surface area (Å²) in [4.78, 5) is 13.8. The topological polar surface area (TPSA) is 58.1 Å². The number of aromatic nitrogens is 2. The molecular weight excluding hydrogens is 272 g/mol. The Bertz CT molecular complexity index is 552. The smallest absolute Gasteiger partial charge is 0.286 e. The minimum absolute atomic E-state index is 0.247. The Balaban J connectivity index is 2.07. The number of nitrogens with zero attached hydrogens (tertiary/aromatic N) is 3. The Morgan fingerprint density at radius 2 is 1.94 bits per heavy atom. The highest BCUT2D eigenvalue weighted by Gasteiger charge is 2.11. The van der Waals surface area contributed by atoms with Crippen LogP contribution in [0.25, 0.3) is 0 Å². The maximum absolute atomic E-state index is 11.8. The number of anilines is 2. The standard InChI is InChI=1S/C11H11ClN4OS/c1-16(2)8-5-3-7(4-6-8)13-9(17)10-14-15-11(12)18-10/h3-6H,1-2H3,(H,13,17). The quantitative estimate of drug-likeness (QED) is 0.940. The van der Waals surface area contributed by atoms with E-state index in [1.165, 1.54) is 0 Å². The van der Waals surface area contributed by atoms with Gasteiger partial charge in [-0.1, -0.05) is 11.3 Å². The highest BCUT2D eigenvalue weighted by Crippen LogP contribution is 2.18. The van der Waals surface area contributed by atoms with Gasteiger partial charge in [0.2, 0.25) is 9.47 Å². The number of carbonyl (C=O) groups is 1. The first kappa shape index (κ1) is 12.8.